The monoisotopic (exact) mass is 323 g/mol. The largest absolute Gasteiger partial charge is 0.376 e. The summed E-state index contributed by atoms with van der Waals surface area (Å²) in [6.07, 6.45) is 0. The van der Waals surface area contributed by atoms with Crippen LogP contribution in [0, 0.1) is 6.92 Å². The number of benzene rings is 2. The highest BCUT2D eigenvalue weighted by Crippen LogP contribution is 2.17. The first kappa shape index (κ1) is 17.6. The lowest BCUT2D eigenvalue weighted by atomic mass is 10.0. The standard InChI is InChI=1S/C20H25N3O/c1-14(2)17-8-10-18(11-9-17)16(4)22-23-20(24)13-21-19-7-5-6-15(3)12-19/h5-12,14,21-22H,4,13H2,1-3H3,(H,23,24). The Morgan fingerprint density at radius 2 is 1.79 bits per heavy atom. The van der Waals surface area contributed by atoms with Crippen LogP contribution in [0.3, 0.4) is 0 Å². The molecule has 0 aromatic heterocycles. The summed E-state index contributed by atoms with van der Waals surface area (Å²) in [6, 6.07) is 16.1. The van der Waals surface area contributed by atoms with E-state index >= 15 is 0 Å². The van der Waals surface area contributed by atoms with Crippen molar-refractivity contribution in [2.24, 2.45) is 0 Å². The molecule has 0 fully saturated rings. The van der Waals surface area contributed by atoms with Crippen molar-refractivity contribution >= 4 is 17.3 Å². The quantitative estimate of drug-likeness (QED) is 0.679. The smallest absolute Gasteiger partial charge is 0.257 e. The van der Waals surface area contributed by atoms with Crippen molar-refractivity contribution in [2.45, 2.75) is 26.7 Å². The summed E-state index contributed by atoms with van der Waals surface area (Å²) in [4.78, 5) is 11.9. The maximum Gasteiger partial charge on any atom is 0.257 e. The Balaban J connectivity index is 1.79. The van der Waals surface area contributed by atoms with Crippen molar-refractivity contribution < 1.29 is 4.79 Å². The van der Waals surface area contributed by atoms with Crippen LogP contribution in [0.25, 0.3) is 5.70 Å². The van der Waals surface area contributed by atoms with Gasteiger partial charge in [-0.3, -0.25) is 15.6 Å². The lowest BCUT2D eigenvalue weighted by Crippen LogP contribution is -2.39. The summed E-state index contributed by atoms with van der Waals surface area (Å²) in [7, 11) is 0. The molecular formula is C20H25N3O. The summed E-state index contributed by atoms with van der Waals surface area (Å²) < 4.78 is 0. The van der Waals surface area contributed by atoms with Crippen molar-refractivity contribution in [1.29, 1.82) is 0 Å². The Kier molecular flexibility index (Phi) is 6.01. The minimum atomic E-state index is -0.156. The van der Waals surface area contributed by atoms with Crippen LogP contribution in [0.15, 0.2) is 55.1 Å². The minimum Gasteiger partial charge on any atom is -0.376 e. The van der Waals surface area contributed by atoms with Crippen LogP contribution in [0.4, 0.5) is 5.69 Å². The van der Waals surface area contributed by atoms with Crippen molar-refractivity contribution in [3.63, 3.8) is 0 Å². The van der Waals surface area contributed by atoms with E-state index in [1.807, 2.05) is 43.3 Å². The lowest BCUT2D eigenvalue weighted by molar-refractivity contribution is -0.120. The van der Waals surface area contributed by atoms with Crippen LogP contribution in [-0.4, -0.2) is 12.5 Å². The molecule has 0 heterocycles. The fourth-order valence-corrected chi connectivity index (χ4v) is 2.27. The molecule has 4 heteroatoms. The molecule has 0 aliphatic heterocycles. The molecule has 0 unspecified atom stereocenters. The van der Waals surface area contributed by atoms with E-state index in [4.69, 9.17) is 0 Å². The predicted molar refractivity (Wildman–Crippen MR) is 101 cm³/mol. The zero-order chi connectivity index (χ0) is 17.5. The second kappa shape index (κ2) is 8.20. The number of rotatable bonds is 7. The summed E-state index contributed by atoms with van der Waals surface area (Å²) in [5, 5.41) is 3.09. The zero-order valence-corrected chi connectivity index (χ0v) is 14.5. The van der Waals surface area contributed by atoms with Gasteiger partial charge in [-0.05, 0) is 41.7 Å². The molecule has 126 valence electrons. The van der Waals surface area contributed by atoms with Gasteiger partial charge in [0.25, 0.3) is 5.91 Å². The van der Waals surface area contributed by atoms with E-state index in [9.17, 15) is 4.79 Å². The van der Waals surface area contributed by atoms with Gasteiger partial charge < -0.3 is 5.32 Å². The second-order valence-corrected chi connectivity index (χ2v) is 6.15. The molecule has 0 spiro atoms. The van der Waals surface area contributed by atoms with E-state index in [0.717, 1.165) is 16.8 Å². The van der Waals surface area contributed by atoms with Gasteiger partial charge in [0.1, 0.15) is 0 Å². The van der Waals surface area contributed by atoms with Gasteiger partial charge in [-0.25, -0.2) is 0 Å². The van der Waals surface area contributed by atoms with Crippen LogP contribution in [0.2, 0.25) is 0 Å². The number of amides is 1. The van der Waals surface area contributed by atoms with Crippen LogP contribution in [0.5, 0.6) is 0 Å². The number of aryl methyl sites for hydroxylation is 1. The van der Waals surface area contributed by atoms with Crippen molar-refractivity contribution in [3.05, 3.63) is 71.8 Å². The van der Waals surface area contributed by atoms with E-state index in [-0.39, 0.29) is 12.5 Å². The molecule has 2 aromatic rings. The number of anilines is 1. The third-order valence-corrected chi connectivity index (χ3v) is 3.75. The van der Waals surface area contributed by atoms with Crippen molar-refractivity contribution in [3.8, 4) is 0 Å². The van der Waals surface area contributed by atoms with Gasteiger partial charge >= 0.3 is 0 Å². The molecule has 0 radical (unpaired) electrons. The van der Waals surface area contributed by atoms with E-state index in [0.29, 0.717) is 11.6 Å². The average molecular weight is 323 g/mol. The van der Waals surface area contributed by atoms with Gasteiger partial charge in [-0.1, -0.05) is 56.8 Å². The van der Waals surface area contributed by atoms with Gasteiger partial charge in [0.15, 0.2) is 0 Å². The summed E-state index contributed by atoms with van der Waals surface area (Å²) in [6.45, 7) is 10.5. The molecule has 2 aromatic carbocycles. The summed E-state index contributed by atoms with van der Waals surface area (Å²) >= 11 is 0. The Bertz CT molecular complexity index is 705. The molecule has 0 saturated heterocycles. The SMILES string of the molecule is C=C(NNC(=O)CNc1cccc(C)c1)c1ccc(C(C)C)cc1. The highest BCUT2D eigenvalue weighted by molar-refractivity contribution is 5.81. The van der Waals surface area contributed by atoms with E-state index in [1.165, 1.54) is 5.56 Å². The molecule has 0 aliphatic rings. The molecule has 0 atom stereocenters. The normalized spacial score (nSPS) is 10.3. The Labute approximate surface area is 143 Å². The minimum absolute atomic E-state index is 0.156. The molecule has 4 nitrogen and oxygen atoms in total. The number of carbonyl (C=O) groups is 1. The van der Waals surface area contributed by atoms with Crippen molar-refractivity contribution in [1.82, 2.24) is 10.9 Å². The van der Waals surface area contributed by atoms with Gasteiger partial charge in [0, 0.05) is 5.69 Å². The van der Waals surface area contributed by atoms with E-state index in [1.54, 1.807) is 0 Å². The second-order valence-electron chi connectivity index (χ2n) is 6.15. The van der Waals surface area contributed by atoms with Gasteiger partial charge in [0.2, 0.25) is 0 Å². The molecule has 2 rings (SSSR count). The molecular weight excluding hydrogens is 298 g/mol. The Hall–Kier alpha value is -2.75. The summed E-state index contributed by atoms with van der Waals surface area (Å²) in [5.74, 6) is 0.337. The van der Waals surface area contributed by atoms with Crippen LogP contribution < -0.4 is 16.2 Å². The van der Waals surface area contributed by atoms with Crippen LogP contribution in [-0.2, 0) is 4.79 Å². The third kappa shape index (κ3) is 5.16. The molecule has 1 amide bonds. The van der Waals surface area contributed by atoms with Crippen LogP contribution >= 0.6 is 0 Å². The number of hydrogen-bond acceptors (Lipinski definition) is 3. The van der Waals surface area contributed by atoms with E-state index in [2.05, 4.69) is 48.7 Å². The third-order valence-electron chi connectivity index (χ3n) is 3.75. The van der Waals surface area contributed by atoms with Crippen molar-refractivity contribution in [2.75, 3.05) is 11.9 Å². The molecule has 3 N–H and O–H groups in total. The maximum absolute atomic E-state index is 11.9. The average Bonchev–Trinajstić information content (AvgIpc) is 2.58. The fraction of sp³-hybridized carbons (Fsp3) is 0.250. The molecule has 0 bridgehead atoms. The highest BCUT2D eigenvalue weighted by Gasteiger charge is 2.04. The molecule has 0 aliphatic carbocycles. The first-order valence-electron chi connectivity index (χ1n) is 8.10. The fourth-order valence-electron chi connectivity index (χ4n) is 2.27. The van der Waals surface area contributed by atoms with Gasteiger partial charge in [-0.2, -0.15) is 0 Å². The first-order valence-corrected chi connectivity index (χ1v) is 8.10. The van der Waals surface area contributed by atoms with Gasteiger partial charge in [-0.15, -0.1) is 0 Å². The zero-order valence-electron chi connectivity index (χ0n) is 14.5. The highest BCUT2D eigenvalue weighted by atomic mass is 16.2. The van der Waals surface area contributed by atoms with Crippen LogP contribution in [0.1, 0.15) is 36.5 Å². The first-order chi connectivity index (χ1) is 11.5. The lowest BCUT2D eigenvalue weighted by Gasteiger charge is -2.13. The number of nitrogens with one attached hydrogen (secondary N) is 3. The van der Waals surface area contributed by atoms with Gasteiger partial charge in [0.05, 0.1) is 12.2 Å². The van der Waals surface area contributed by atoms with E-state index < -0.39 is 0 Å². The number of carbonyl (C=O) groups excluding carboxylic acids is 1. The summed E-state index contributed by atoms with van der Waals surface area (Å²) in [5.41, 5.74) is 10.5. The topological polar surface area (TPSA) is 53.2 Å². The molecule has 0 saturated carbocycles. The Morgan fingerprint density at radius 3 is 2.42 bits per heavy atom. The predicted octanol–water partition coefficient (Wildman–Crippen LogP) is 3.82. The number of hydrogen-bond donors (Lipinski definition) is 3. The maximum atomic E-state index is 11.9. The molecule has 24 heavy (non-hydrogen) atoms. The Morgan fingerprint density at radius 1 is 1.08 bits per heavy atom. The number of hydrazine groups is 1.